The maximum absolute atomic E-state index is 13.6. The second-order valence-electron chi connectivity index (χ2n) is 8.80. The molecule has 0 amide bonds. The summed E-state index contributed by atoms with van der Waals surface area (Å²) >= 11 is 0. The molecule has 6 N–H and O–H groups in total. The maximum Gasteiger partial charge on any atom is 0.459 e. The molecule has 0 saturated carbocycles. The van der Waals surface area contributed by atoms with E-state index in [1.165, 1.54) is 0 Å². The summed E-state index contributed by atoms with van der Waals surface area (Å²) in [7, 11) is -4.10. The summed E-state index contributed by atoms with van der Waals surface area (Å²) in [4.78, 5) is 0. The highest BCUT2D eigenvalue weighted by molar-refractivity contribution is 7.52. The standard InChI is InChI=1S/C24H35N3O8P/c1-15(2)33-24(30)17(4)26-36(31,35-19-10-6-5-7-11-19)32-14-20-21(28)22(29)23(34-20)27-12-8-9-18(13-27)16(3)25/h5-13,15,17,20-24,28-30H,3,14,25H2,1-2,4H3,(H,26,31)/q+1/t17-,20+,21?,22?,23+,24?,36-/m0/s1. The van der Waals surface area contributed by atoms with Crippen molar-refractivity contribution >= 4 is 13.4 Å². The van der Waals surface area contributed by atoms with Gasteiger partial charge in [-0.2, -0.15) is 4.57 Å². The lowest BCUT2D eigenvalue weighted by Gasteiger charge is -2.27. The molecule has 2 aromatic rings. The number of rotatable bonds is 12. The Hall–Kier alpha value is -2.34. The number of nitrogens with one attached hydrogen (secondary N) is 1. The molecule has 0 aliphatic carbocycles. The van der Waals surface area contributed by atoms with Crippen molar-refractivity contribution in [2.45, 2.75) is 63.7 Å². The first-order valence-corrected chi connectivity index (χ1v) is 13.1. The van der Waals surface area contributed by atoms with Crippen LogP contribution in [0.2, 0.25) is 0 Å². The highest BCUT2D eigenvalue weighted by Gasteiger charge is 2.49. The zero-order chi connectivity index (χ0) is 26.5. The Kier molecular flexibility index (Phi) is 9.62. The van der Waals surface area contributed by atoms with Crippen LogP contribution >= 0.6 is 7.75 Å². The molecule has 12 heteroatoms. The molecule has 0 spiro atoms. The average Bonchev–Trinajstić information content (AvgIpc) is 3.11. The highest BCUT2D eigenvalue weighted by Crippen LogP contribution is 2.46. The molecule has 3 unspecified atom stereocenters. The van der Waals surface area contributed by atoms with E-state index in [2.05, 4.69) is 11.7 Å². The number of nitrogens with two attached hydrogens (primary N) is 1. The zero-order valence-electron chi connectivity index (χ0n) is 20.5. The van der Waals surface area contributed by atoms with E-state index < -0.39 is 44.6 Å². The number of ether oxygens (including phenoxy) is 2. The normalized spacial score (nSPS) is 25.3. The van der Waals surface area contributed by atoms with E-state index in [1.807, 2.05) is 0 Å². The molecule has 0 radical (unpaired) electrons. The molecular weight excluding hydrogens is 489 g/mol. The van der Waals surface area contributed by atoms with Gasteiger partial charge in [-0.15, -0.1) is 0 Å². The van der Waals surface area contributed by atoms with Crippen molar-refractivity contribution in [1.82, 2.24) is 5.09 Å². The summed E-state index contributed by atoms with van der Waals surface area (Å²) in [6.07, 6.45) is -2.90. The summed E-state index contributed by atoms with van der Waals surface area (Å²) in [5.74, 6) is 0.264. The first-order valence-electron chi connectivity index (χ1n) is 11.6. The Morgan fingerprint density at radius 3 is 2.53 bits per heavy atom. The van der Waals surface area contributed by atoms with E-state index >= 15 is 0 Å². The largest absolute Gasteiger partial charge is 0.459 e. The second-order valence-corrected chi connectivity index (χ2v) is 10.5. The highest BCUT2D eigenvalue weighted by atomic mass is 31.2. The molecule has 1 aliphatic rings. The van der Waals surface area contributed by atoms with Crippen molar-refractivity contribution in [2.24, 2.45) is 5.73 Å². The van der Waals surface area contributed by atoms with Gasteiger partial charge in [0.15, 0.2) is 24.8 Å². The number of pyridine rings is 1. The fourth-order valence-electron chi connectivity index (χ4n) is 3.55. The van der Waals surface area contributed by atoms with Gasteiger partial charge in [0.2, 0.25) is 0 Å². The number of hydrogen-bond acceptors (Lipinski definition) is 9. The Labute approximate surface area is 210 Å². The lowest BCUT2D eigenvalue weighted by Crippen LogP contribution is -2.46. The number of hydrogen-bond donors (Lipinski definition) is 5. The third-order valence-electron chi connectivity index (χ3n) is 5.40. The summed E-state index contributed by atoms with van der Waals surface area (Å²) in [6, 6.07) is 11.0. The van der Waals surface area contributed by atoms with Crippen LogP contribution in [0.5, 0.6) is 5.75 Å². The molecule has 1 aromatic heterocycles. The average molecular weight is 525 g/mol. The van der Waals surface area contributed by atoms with Gasteiger partial charge in [0, 0.05) is 11.8 Å². The van der Waals surface area contributed by atoms with E-state index in [1.54, 1.807) is 80.2 Å². The van der Waals surface area contributed by atoms with Crippen LogP contribution < -0.4 is 19.9 Å². The van der Waals surface area contributed by atoms with Crippen LogP contribution in [-0.4, -0.2) is 58.7 Å². The van der Waals surface area contributed by atoms with Crippen molar-refractivity contribution in [1.29, 1.82) is 0 Å². The smallest absolute Gasteiger partial charge is 0.413 e. The molecule has 198 valence electrons. The first kappa shape index (κ1) is 28.2. The topological polar surface area (TPSA) is 157 Å². The third-order valence-corrected chi connectivity index (χ3v) is 7.07. The van der Waals surface area contributed by atoms with Crippen LogP contribution in [0.1, 0.15) is 32.6 Å². The number of benzene rings is 1. The molecular formula is C24H35N3O8P+. The minimum atomic E-state index is -4.10. The van der Waals surface area contributed by atoms with Crippen LogP contribution in [0.4, 0.5) is 0 Å². The van der Waals surface area contributed by atoms with Crippen molar-refractivity contribution in [3.63, 3.8) is 0 Å². The van der Waals surface area contributed by atoms with E-state index in [0.29, 0.717) is 11.3 Å². The summed E-state index contributed by atoms with van der Waals surface area (Å²) in [5, 5.41) is 34.1. The van der Waals surface area contributed by atoms with Gasteiger partial charge < -0.3 is 35.1 Å². The van der Waals surface area contributed by atoms with E-state index in [-0.39, 0.29) is 18.5 Å². The van der Waals surface area contributed by atoms with Crippen molar-refractivity contribution in [3.05, 3.63) is 67.0 Å². The predicted octanol–water partition coefficient (Wildman–Crippen LogP) is 1.45. The lowest BCUT2D eigenvalue weighted by molar-refractivity contribution is -0.765. The van der Waals surface area contributed by atoms with Gasteiger partial charge in [-0.3, -0.25) is 4.52 Å². The monoisotopic (exact) mass is 524 g/mol. The van der Waals surface area contributed by atoms with E-state index in [0.717, 1.165) is 0 Å². The van der Waals surface area contributed by atoms with Crippen LogP contribution in [0.25, 0.3) is 5.70 Å². The first-order chi connectivity index (χ1) is 17.0. The number of aliphatic hydroxyl groups excluding tert-OH is 3. The Morgan fingerprint density at radius 2 is 1.89 bits per heavy atom. The summed E-state index contributed by atoms with van der Waals surface area (Å²) in [6.45, 7) is 8.38. The molecule has 1 aliphatic heterocycles. The summed E-state index contributed by atoms with van der Waals surface area (Å²) < 4.78 is 37.7. The van der Waals surface area contributed by atoms with Crippen molar-refractivity contribution in [2.75, 3.05) is 6.61 Å². The number of aromatic nitrogens is 1. The second kappa shape index (κ2) is 12.3. The van der Waals surface area contributed by atoms with E-state index in [4.69, 9.17) is 24.3 Å². The van der Waals surface area contributed by atoms with Crippen LogP contribution in [0, 0.1) is 0 Å². The fourth-order valence-corrected chi connectivity index (χ4v) is 5.09. The van der Waals surface area contributed by atoms with Crippen LogP contribution in [0.3, 0.4) is 0 Å². The molecule has 3 rings (SSSR count). The number of nitrogens with zero attached hydrogens (tertiary/aromatic N) is 1. The minimum Gasteiger partial charge on any atom is -0.413 e. The van der Waals surface area contributed by atoms with Crippen molar-refractivity contribution < 1.29 is 43.0 Å². The van der Waals surface area contributed by atoms with Gasteiger partial charge in [-0.25, -0.2) is 9.65 Å². The summed E-state index contributed by atoms with van der Waals surface area (Å²) in [5.41, 5.74) is 6.72. The zero-order valence-corrected chi connectivity index (χ0v) is 21.4. The van der Waals surface area contributed by atoms with Gasteiger partial charge >= 0.3 is 7.75 Å². The molecule has 7 atom stereocenters. The lowest BCUT2D eigenvalue weighted by atomic mass is 10.1. The molecule has 36 heavy (non-hydrogen) atoms. The van der Waals surface area contributed by atoms with Crippen LogP contribution in [-0.2, 0) is 18.6 Å². The Balaban J connectivity index is 1.74. The van der Waals surface area contributed by atoms with Gasteiger partial charge in [0.25, 0.3) is 6.23 Å². The van der Waals surface area contributed by atoms with Gasteiger partial charge in [-0.05, 0) is 39.0 Å². The Bertz CT molecular complexity index is 1060. The molecule has 1 aromatic carbocycles. The fraction of sp³-hybridized carbons (Fsp3) is 0.458. The quantitative estimate of drug-likeness (QED) is 0.156. The predicted molar refractivity (Wildman–Crippen MR) is 131 cm³/mol. The van der Waals surface area contributed by atoms with Crippen molar-refractivity contribution in [3.8, 4) is 5.75 Å². The molecule has 0 bridgehead atoms. The maximum atomic E-state index is 13.6. The molecule has 1 saturated heterocycles. The molecule has 2 heterocycles. The number of aliphatic hydroxyl groups is 3. The third kappa shape index (κ3) is 7.34. The molecule has 11 nitrogen and oxygen atoms in total. The molecule has 1 fully saturated rings. The minimum absolute atomic E-state index is 0.264. The van der Waals surface area contributed by atoms with Gasteiger partial charge in [0.05, 0.1) is 24.3 Å². The Morgan fingerprint density at radius 1 is 1.19 bits per heavy atom. The number of para-hydroxylation sites is 1. The SMILES string of the molecule is C=C(N)c1ccc[n+]([C@@H]2O[C@H](CO[P@@](=O)(N[C@@H](C)C(O)OC(C)C)Oc3ccccc3)C(O)C2O)c1. The van der Waals surface area contributed by atoms with Gasteiger partial charge in [-0.1, -0.05) is 24.8 Å². The van der Waals surface area contributed by atoms with Crippen LogP contribution in [0.15, 0.2) is 61.4 Å². The van der Waals surface area contributed by atoms with Gasteiger partial charge in [0.1, 0.15) is 18.0 Å². The van der Waals surface area contributed by atoms with E-state index in [9.17, 15) is 19.9 Å².